The summed E-state index contributed by atoms with van der Waals surface area (Å²) >= 11 is 0. The zero-order chi connectivity index (χ0) is 19.8. The number of benzene rings is 1. The minimum Gasteiger partial charge on any atom is -0.377 e. The van der Waals surface area contributed by atoms with Crippen molar-refractivity contribution in [3.8, 4) is 17.1 Å². The van der Waals surface area contributed by atoms with Crippen molar-refractivity contribution in [2.45, 2.75) is 12.5 Å². The normalized spacial score (nSPS) is 14.1. The Morgan fingerprint density at radius 1 is 1.21 bits per heavy atom. The highest BCUT2D eigenvalue weighted by Crippen LogP contribution is 2.21. The van der Waals surface area contributed by atoms with E-state index in [4.69, 9.17) is 4.74 Å². The SMILES string of the molecule is Cn1cc(-n2ccc(=O)c(Cc3cccc(-c4ncn(C5COC5)n4)c3)n2)cn1. The molecule has 0 bridgehead atoms. The van der Waals surface area contributed by atoms with Crippen LogP contribution in [0, 0.1) is 0 Å². The number of aryl methyl sites for hydroxylation is 1. The molecule has 4 aromatic rings. The van der Waals surface area contributed by atoms with Crippen LogP contribution in [-0.4, -0.2) is 47.5 Å². The van der Waals surface area contributed by atoms with Crippen molar-refractivity contribution in [3.05, 3.63) is 76.7 Å². The third kappa shape index (κ3) is 3.47. The Morgan fingerprint density at radius 3 is 2.86 bits per heavy atom. The summed E-state index contributed by atoms with van der Waals surface area (Å²) in [6, 6.07) is 9.68. The van der Waals surface area contributed by atoms with Crippen molar-refractivity contribution in [1.29, 1.82) is 0 Å². The van der Waals surface area contributed by atoms with Gasteiger partial charge in [-0.3, -0.25) is 9.48 Å². The molecule has 9 heteroatoms. The summed E-state index contributed by atoms with van der Waals surface area (Å²) in [4.78, 5) is 16.8. The van der Waals surface area contributed by atoms with E-state index in [0.29, 0.717) is 31.2 Å². The first-order valence-corrected chi connectivity index (χ1v) is 9.32. The highest BCUT2D eigenvalue weighted by atomic mass is 16.5. The average molecular weight is 389 g/mol. The molecule has 0 atom stereocenters. The number of aromatic nitrogens is 7. The van der Waals surface area contributed by atoms with E-state index in [1.807, 2.05) is 42.2 Å². The van der Waals surface area contributed by atoms with Gasteiger partial charge >= 0.3 is 0 Å². The number of nitrogens with zero attached hydrogens (tertiary/aromatic N) is 7. The van der Waals surface area contributed by atoms with Gasteiger partial charge in [-0.2, -0.15) is 15.3 Å². The van der Waals surface area contributed by atoms with Gasteiger partial charge in [0, 0.05) is 31.3 Å². The Labute approximate surface area is 166 Å². The first kappa shape index (κ1) is 17.5. The first-order valence-electron chi connectivity index (χ1n) is 9.32. The summed E-state index contributed by atoms with van der Waals surface area (Å²) in [5, 5.41) is 13.2. The van der Waals surface area contributed by atoms with E-state index in [2.05, 4.69) is 20.3 Å². The molecule has 1 aliphatic rings. The van der Waals surface area contributed by atoms with Gasteiger partial charge in [0.15, 0.2) is 5.82 Å². The molecule has 1 fully saturated rings. The van der Waals surface area contributed by atoms with Crippen molar-refractivity contribution in [2.75, 3.05) is 13.2 Å². The van der Waals surface area contributed by atoms with Crippen LogP contribution in [0.3, 0.4) is 0 Å². The van der Waals surface area contributed by atoms with Gasteiger partial charge in [0.25, 0.3) is 0 Å². The van der Waals surface area contributed by atoms with Gasteiger partial charge in [-0.25, -0.2) is 14.3 Å². The van der Waals surface area contributed by atoms with Crippen molar-refractivity contribution < 1.29 is 4.74 Å². The van der Waals surface area contributed by atoms with Crippen LogP contribution >= 0.6 is 0 Å². The lowest BCUT2D eigenvalue weighted by Gasteiger charge is -2.25. The van der Waals surface area contributed by atoms with E-state index < -0.39 is 0 Å². The quantitative estimate of drug-likeness (QED) is 0.512. The molecule has 0 spiro atoms. The summed E-state index contributed by atoms with van der Waals surface area (Å²) in [6.45, 7) is 1.34. The van der Waals surface area contributed by atoms with Crippen molar-refractivity contribution >= 4 is 0 Å². The predicted octanol–water partition coefficient (Wildman–Crippen LogP) is 1.39. The summed E-state index contributed by atoms with van der Waals surface area (Å²) in [6.07, 6.45) is 7.36. The van der Waals surface area contributed by atoms with E-state index in [1.165, 1.54) is 6.07 Å². The lowest BCUT2D eigenvalue weighted by molar-refractivity contribution is -0.0287. The molecule has 1 saturated heterocycles. The Bertz CT molecular complexity index is 1220. The van der Waals surface area contributed by atoms with Gasteiger partial charge in [0.2, 0.25) is 5.43 Å². The van der Waals surface area contributed by atoms with Crippen LogP contribution in [0.4, 0.5) is 0 Å². The maximum atomic E-state index is 12.3. The highest BCUT2D eigenvalue weighted by Gasteiger charge is 2.22. The molecule has 0 N–H and O–H groups in total. The van der Waals surface area contributed by atoms with Crippen LogP contribution in [0.15, 0.2) is 60.0 Å². The standard InChI is InChI=1S/C20H19N7O2/c1-25-10-16(9-22-25)26-6-5-19(28)18(23-26)8-14-3-2-4-15(7-14)20-21-13-27(24-20)17-11-29-12-17/h2-7,9-10,13,17H,8,11-12H2,1H3. The lowest BCUT2D eigenvalue weighted by Crippen LogP contribution is -2.30. The van der Waals surface area contributed by atoms with Gasteiger partial charge < -0.3 is 4.74 Å². The maximum absolute atomic E-state index is 12.3. The van der Waals surface area contributed by atoms with Gasteiger partial charge in [-0.15, -0.1) is 0 Å². The molecule has 5 rings (SSSR count). The highest BCUT2D eigenvalue weighted by molar-refractivity contribution is 5.55. The van der Waals surface area contributed by atoms with Crippen LogP contribution in [0.1, 0.15) is 17.3 Å². The smallest absolute Gasteiger partial charge is 0.203 e. The molecule has 1 aliphatic heterocycles. The predicted molar refractivity (Wildman–Crippen MR) is 105 cm³/mol. The molecule has 0 amide bonds. The zero-order valence-corrected chi connectivity index (χ0v) is 15.8. The third-order valence-corrected chi connectivity index (χ3v) is 4.90. The maximum Gasteiger partial charge on any atom is 0.203 e. The van der Waals surface area contributed by atoms with Crippen molar-refractivity contribution in [1.82, 2.24) is 34.3 Å². The van der Waals surface area contributed by atoms with Gasteiger partial charge in [-0.05, 0) is 11.6 Å². The third-order valence-electron chi connectivity index (χ3n) is 4.90. The average Bonchev–Trinajstić information content (AvgIpc) is 3.32. The number of rotatable bonds is 5. The fraction of sp³-hybridized carbons (Fsp3) is 0.250. The van der Waals surface area contributed by atoms with Gasteiger partial charge in [0.1, 0.15) is 23.8 Å². The minimum atomic E-state index is -0.0945. The molecule has 3 aromatic heterocycles. The van der Waals surface area contributed by atoms with Crippen LogP contribution in [0.25, 0.3) is 17.1 Å². The molecule has 29 heavy (non-hydrogen) atoms. The Balaban J connectivity index is 1.41. The molecule has 0 aliphatic carbocycles. The molecular formula is C20H19N7O2. The molecule has 9 nitrogen and oxygen atoms in total. The van der Waals surface area contributed by atoms with Crippen LogP contribution in [0.5, 0.6) is 0 Å². The summed E-state index contributed by atoms with van der Waals surface area (Å²) in [5.41, 5.74) is 3.06. The summed E-state index contributed by atoms with van der Waals surface area (Å²) in [7, 11) is 1.84. The number of hydrogen-bond acceptors (Lipinski definition) is 6. The zero-order valence-electron chi connectivity index (χ0n) is 15.8. The van der Waals surface area contributed by atoms with Gasteiger partial charge in [-0.1, -0.05) is 18.2 Å². The fourth-order valence-electron chi connectivity index (χ4n) is 3.21. The minimum absolute atomic E-state index is 0.0945. The largest absolute Gasteiger partial charge is 0.377 e. The molecule has 4 heterocycles. The van der Waals surface area contributed by atoms with Crippen LogP contribution in [-0.2, 0) is 18.2 Å². The first-order chi connectivity index (χ1) is 14.2. The van der Waals surface area contributed by atoms with Crippen LogP contribution in [0.2, 0.25) is 0 Å². The second-order valence-corrected chi connectivity index (χ2v) is 7.06. The fourth-order valence-corrected chi connectivity index (χ4v) is 3.21. The monoisotopic (exact) mass is 389 g/mol. The van der Waals surface area contributed by atoms with E-state index in [9.17, 15) is 4.79 Å². The number of ether oxygens (including phenoxy) is 1. The molecule has 0 unspecified atom stereocenters. The Hall–Kier alpha value is -3.59. The Kier molecular flexibility index (Phi) is 4.28. The van der Waals surface area contributed by atoms with Crippen molar-refractivity contribution in [2.24, 2.45) is 7.05 Å². The molecule has 0 radical (unpaired) electrons. The Morgan fingerprint density at radius 2 is 2.10 bits per heavy atom. The number of hydrogen-bond donors (Lipinski definition) is 0. The second kappa shape index (κ2) is 7.10. The summed E-state index contributed by atoms with van der Waals surface area (Å²) in [5.74, 6) is 0.660. The second-order valence-electron chi connectivity index (χ2n) is 7.06. The van der Waals surface area contributed by atoms with E-state index in [1.54, 1.807) is 28.1 Å². The molecule has 0 saturated carbocycles. The topological polar surface area (TPSA) is 92.7 Å². The van der Waals surface area contributed by atoms with Crippen molar-refractivity contribution in [3.63, 3.8) is 0 Å². The van der Waals surface area contributed by atoms with E-state index in [-0.39, 0.29) is 11.5 Å². The lowest BCUT2D eigenvalue weighted by atomic mass is 10.1. The molecular weight excluding hydrogens is 370 g/mol. The van der Waals surface area contributed by atoms with E-state index in [0.717, 1.165) is 16.8 Å². The van der Waals surface area contributed by atoms with Gasteiger partial charge in [0.05, 0.1) is 25.6 Å². The van der Waals surface area contributed by atoms with E-state index >= 15 is 0 Å². The van der Waals surface area contributed by atoms with Crippen LogP contribution < -0.4 is 5.43 Å². The molecule has 146 valence electrons. The molecule has 1 aromatic carbocycles. The summed E-state index contributed by atoms with van der Waals surface area (Å²) < 4.78 is 10.4.